The molecule has 0 spiro atoms. The number of hydrogen-bond donors (Lipinski definition) is 1. The van der Waals surface area contributed by atoms with Crippen molar-refractivity contribution in [3.05, 3.63) is 42.2 Å². The summed E-state index contributed by atoms with van der Waals surface area (Å²) in [6.45, 7) is 3.28. The molecule has 3 heteroatoms. The quantitative estimate of drug-likeness (QED) is 0.825. The van der Waals surface area contributed by atoms with Crippen molar-refractivity contribution < 1.29 is 0 Å². The van der Waals surface area contributed by atoms with Crippen molar-refractivity contribution >= 4 is 22.5 Å². The Morgan fingerprint density at radius 2 is 2.21 bits per heavy atom. The Bertz CT molecular complexity index is 500. The van der Waals surface area contributed by atoms with Gasteiger partial charge in [-0.15, -0.1) is 0 Å². The van der Waals surface area contributed by atoms with Gasteiger partial charge in [0.2, 0.25) is 0 Å². The Morgan fingerprint density at radius 1 is 1.32 bits per heavy atom. The highest BCUT2D eigenvalue weighted by atomic mass is 32.2. The predicted molar refractivity (Wildman–Crippen MR) is 85.8 cm³/mol. The van der Waals surface area contributed by atoms with Crippen molar-refractivity contribution in [2.75, 3.05) is 18.6 Å². The maximum atomic E-state index is 4.28. The van der Waals surface area contributed by atoms with Crippen LogP contribution in [-0.2, 0) is 0 Å². The van der Waals surface area contributed by atoms with Gasteiger partial charge in [0.05, 0.1) is 0 Å². The molecule has 1 atom stereocenters. The van der Waals surface area contributed by atoms with Crippen LogP contribution in [0.25, 0.3) is 10.8 Å². The van der Waals surface area contributed by atoms with E-state index in [1.807, 2.05) is 24.2 Å². The zero-order chi connectivity index (χ0) is 13.5. The van der Waals surface area contributed by atoms with E-state index in [2.05, 4.69) is 47.7 Å². The van der Waals surface area contributed by atoms with Gasteiger partial charge in [0.15, 0.2) is 0 Å². The molecule has 1 N–H and O–H groups in total. The maximum absolute atomic E-state index is 4.28. The highest BCUT2D eigenvalue weighted by Gasteiger charge is 2.13. The summed E-state index contributed by atoms with van der Waals surface area (Å²) in [6.07, 6.45) is 8.35. The largest absolute Gasteiger partial charge is 0.310 e. The van der Waals surface area contributed by atoms with Crippen LogP contribution in [-0.4, -0.2) is 23.5 Å². The van der Waals surface area contributed by atoms with Crippen LogP contribution in [0.5, 0.6) is 0 Å². The maximum Gasteiger partial charge on any atom is 0.0349 e. The number of hydrogen-bond acceptors (Lipinski definition) is 3. The lowest BCUT2D eigenvalue weighted by molar-refractivity contribution is 0.524. The van der Waals surface area contributed by atoms with Gasteiger partial charge in [0.25, 0.3) is 0 Å². The number of rotatable bonds is 7. The fraction of sp³-hybridized carbons (Fsp3) is 0.438. The summed E-state index contributed by atoms with van der Waals surface area (Å²) in [6, 6.07) is 9.06. The molecule has 0 aliphatic carbocycles. The SMILES string of the molecule is CCCNC(CCSC)c1cccc2ccncc12. The lowest BCUT2D eigenvalue weighted by Crippen LogP contribution is -2.23. The number of nitrogens with zero attached hydrogens (tertiary/aromatic N) is 1. The lowest BCUT2D eigenvalue weighted by atomic mass is 9.98. The van der Waals surface area contributed by atoms with Crippen molar-refractivity contribution in [1.82, 2.24) is 10.3 Å². The van der Waals surface area contributed by atoms with Crippen molar-refractivity contribution in [2.45, 2.75) is 25.8 Å². The fourth-order valence-electron chi connectivity index (χ4n) is 2.36. The Kier molecular flexibility index (Phi) is 5.67. The minimum Gasteiger partial charge on any atom is -0.310 e. The topological polar surface area (TPSA) is 24.9 Å². The molecule has 0 aliphatic rings. The zero-order valence-electron chi connectivity index (χ0n) is 11.7. The first-order valence-electron chi connectivity index (χ1n) is 6.91. The molecule has 2 rings (SSSR count). The number of aromatic nitrogens is 1. The van der Waals surface area contributed by atoms with E-state index in [0.717, 1.165) is 13.0 Å². The third-order valence-corrected chi connectivity index (χ3v) is 3.99. The van der Waals surface area contributed by atoms with Gasteiger partial charge in [0, 0.05) is 23.8 Å². The third-order valence-electron chi connectivity index (χ3n) is 3.34. The fourth-order valence-corrected chi connectivity index (χ4v) is 2.83. The highest BCUT2D eigenvalue weighted by Crippen LogP contribution is 2.26. The van der Waals surface area contributed by atoms with E-state index in [-0.39, 0.29) is 0 Å². The first-order chi connectivity index (χ1) is 9.36. The van der Waals surface area contributed by atoms with Gasteiger partial charge in [-0.3, -0.25) is 4.98 Å². The number of fused-ring (bicyclic) bond motifs is 1. The molecule has 1 aromatic carbocycles. The van der Waals surface area contributed by atoms with Crippen LogP contribution in [0.4, 0.5) is 0 Å². The molecular formula is C16H22N2S. The Morgan fingerprint density at radius 3 is 3.00 bits per heavy atom. The van der Waals surface area contributed by atoms with Gasteiger partial charge in [-0.25, -0.2) is 0 Å². The molecule has 0 saturated heterocycles. The molecule has 0 bridgehead atoms. The summed E-state index contributed by atoms with van der Waals surface area (Å²) >= 11 is 1.91. The Balaban J connectivity index is 2.31. The second-order valence-electron chi connectivity index (χ2n) is 4.73. The lowest BCUT2D eigenvalue weighted by Gasteiger charge is -2.20. The van der Waals surface area contributed by atoms with Crippen LogP contribution in [0.3, 0.4) is 0 Å². The molecule has 102 valence electrons. The van der Waals surface area contributed by atoms with Crippen molar-refractivity contribution in [2.24, 2.45) is 0 Å². The molecular weight excluding hydrogens is 252 g/mol. The van der Waals surface area contributed by atoms with Gasteiger partial charge >= 0.3 is 0 Å². The third kappa shape index (κ3) is 3.71. The monoisotopic (exact) mass is 274 g/mol. The number of thioether (sulfide) groups is 1. The summed E-state index contributed by atoms with van der Waals surface area (Å²) in [5.74, 6) is 1.18. The van der Waals surface area contributed by atoms with E-state index in [9.17, 15) is 0 Å². The van der Waals surface area contributed by atoms with E-state index < -0.39 is 0 Å². The van der Waals surface area contributed by atoms with E-state index in [4.69, 9.17) is 0 Å². The van der Waals surface area contributed by atoms with Gasteiger partial charge in [-0.05, 0) is 48.4 Å². The molecule has 19 heavy (non-hydrogen) atoms. The van der Waals surface area contributed by atoms with Crippen molar-refractivity contribution in [3.63, 3.8) is 0 Å². The first-order valence-corrected chi connectivity index (χ1v) is 8.31. The van der Waals surface area contributed by atoms with Gasteiger partial charge in [-0.2, -0.15) is 11.8 Å². The molecule has 0 aliphatic heterocycles. The highest BCUT2D eigenvalue weighted by molar-refractivity contribution is 7.98. The number of pyridine rings is 1. The van der Waals surface area contributed by atoms with E-state index in [1.165, 1.54) is 28.5 Å². The number of benzene rings is 1. The van der Waals surface area contributed by atoms with Gasteiger partial charge < -0.3 is 5.32 Å². The van der Waals surface area contributed by atoms with Crippen LogP contribution in [0.1, 0.15) is 31.4 Å². The molecule has 1 unspecified atom stereocenters. The standard InChI is InChI=1S/C16H22N2S/c1-3-9-18-16(8-11-19-2)14-6-4-5-13-7-10-17-12-15(13)14/h4-7,10,12,16,18H,3,8-9,11H2,1-2H3. The van der Waals surface area contributed by atoms with Crippen LogP contribution in [0, 0.1) is 0 Å². The smallest absolute Gasteiger partial charge is 0.0349 e. The molecule has 0 amide bonds. The van der Waals surface area contributed by atoms with Crippen molar-refractivity contribution in [1.29, 1.82) is 0 Å². The van der Waals surface area contributed by atoms with Crippen LogP contribution < -0.4 is 5.32 Å². The summed E-state index contributed by atoms with van der Waals surface area (Å²) in [5.41, 5.74) is 1.38. The van der Waals surface area contributed by atoms with Crippen LogP contribution in [0.2, 0.25) is 0 Å². The summed E-state index contributed by atoms with van der Waals surface area (Å²) < 4.78 is 0. The molecule has 0 fully saturated rings. The second kappa shape index (κ2) is 7.51. The summed E-state index contributed by atoms with van der Waals surface area (Å²) in [5, 5.41) is 6.23. The zero-order valence-corrected chi connectivity index (χ0v) is 12.5. The molecule has 0 radical (unpaired) electrons. The molecule has 0 saturated carbocycles. The van der Waals surface area contributed by atoms with Crippen molar-refractivity contribution in [3.8, 4) is 0 Å². The summed E-state index contributed by atoms with van der Waals surface area (Å²) in [4.78, 5) is 4.28. The molecule has 1 aromatic heterocycles. The van der Waals surface area contributed by atoms with Crippen LogP contribution in [0.15, 0.2) is 36.7 Å². The summed E-state index contributed by atoms with van der Waals surface area (Å²) in [7, 11) is 0. The first kappa shape index (κ1) is 14.4. The Labute approximate surface area is 120 Å². The second-order valence-corrected chi connectivity index (χ2v) is 5.72. The Hall–Kier alpha value is -1.06. The van der Waals surface area contributed by atoms with Gasteiger partial charge in [-0.1, -0.05) is 25.1 Å². The van der Waals surface area contributed by atoms with Crippen LogP contribution >= 0.6 is 11.8 Å². The minimum absolute atomic E-state index is 0.431. The predicted octanol–water partition coefficient (Wildman–Crippen LogP) is 4.03. The average molecular weight is 274 g/mol. The normalized spacial score (nSPS) is 12.7. The van der Waals surface area contributed by atoms with E-state index >= 15 is 0 Å². The molecule has 2 nitrogen and oxygen atoms in total. The molecule has 2 aromatic rings. The molecule has 1 heterocycles. The average Bonchev–Trinajstić information content (AvgIpc) is 2.47. The van der Waals surface area contributed by atoms with E-state index in [1.54, 1.807) is 0 Å². The minimum atomic E-state index is 0.431. The van der Waals surface area contributed by atoms with E-state index in [0.29, 0.717) is 6.04 Å². The van der Waals surface area contributed by atoms with Gasteiger partial charge in [0.1, 0.15) is 0 Å². The number of nitrogens with one attached hydrogen (secondary N) is 1.